The zero-order valence-corrected chi connectivity index (χ0v) is 14.0. The van der Waals surface area contributed by atoms with Crippen molar-refractivity contribution in [2.24, 2.45) is 5.92 Å². The molecule has 124 valence electrons. The molecule has 23 heavy (non-hydrogen) atoms. The Labute approximate surface area is 139 Å². The van der Waals surface area contributed by atoms with Crippen molar-refractivity contribution in [3.63, 3.8) is 0 Å². The van der Waals surface area contributed by atoms with E-state index in [1.165, 1.54) is 35.6 Å². The minimum absolute atomic E-state index is 0.154. The fourth-order valence-electron chi connectivity index (χ4n) is 2.21. The molecule has 0 bridgehead atoms. The molecule has 0 saturated carbocycles. The lowest BCUT2D eigenvalue weighted by Gasteiger charge is -2.27. The Morgan fingerprint density at radius 3 is 2.52 bits per heavy atom. The van der Waals surface area contributed by atoms with Gasteiger partial charge in [-0.05, 0) is 41.1 Å². The van der Waals surface area contributed by atoms with Gasteiger partial charge in [0.15, 0.2) is 0 Å². The van der Waals surface area contributed by atoms with Gasteiger partial charge in [0.05, 0.1) is 17.6 Å². The fraction of sp³-hybridized carbons (Fsp3) is 0.353. The third kappa shape index (κ3) is 5.33. The van der Waals surface area contributed by atoms with Gasteiger partial charge in [0.1, 0.15) is 5.82 Å². The van der Waals surface area contributed by atoms with Crippen molar-refractivity contribution < 1.29 is 14.3 Å². The van der Waals surface area contributed by atoms with Crippen LogP contribution in [0.2, 0.25) is 0 Å². The predicted molar refractivity (Wildman–Crippen MR) is 91.1 cm³/mol. The van der Waals surface area contributed by atoms with Crippen LogP contribution in [0.5, 0.6) is 0 Å². The monoisotopic (exact) mass is 336 g/mol. The number of aliphatic hydroxyl groups is 1. The van der Waals surface area contributed by atoms with Gasteiger partial charge in [0, 0.05) is 6.54 Å². The molecule has 2 N–H and O–H groups in total. The number of carbonyl (C=O) groups is 1. The van der Waals surface area contributed by atoms with Gasteiger partial charge >= 0.3 is 6.03 Å². The number of nitrogens with one attached hydrogen (secondary N) is 1. The number of hydrogen-bond donors (Lipinski definition) is 2. The van der Waals surface area contributed by atoms with Crippen LogP contribution < -0.4 is 5.32 Å². The van der Waals surface area contributed by atoms with Gasteiger partial charge in [-0.3, -0.25) is 5.32 Å². The Bertz CT molecular complexity index is 614. The number of nitrogens with zero attached hydrogens (tertiary/aromatic N) is 1. The number of rotatable bonds is 6. The highest BCUT2D eigenvalue weighted by atomic mass is 32.1. The van der Waals surface area contributed by atoms with Crippen LogP contribution in [0.15, 0.2) is 41.8 Å². The van der Waals surface area contributed by atoms with Crippen LogP contribution in [-0.4, -0.2) is 29.1 Å². The number of anilines is 1. The van der Waals surface area contributed by atoms with Gasteiger partial charge in [-0.1, -0.05) is 26.0 Å². The van der Waals surface area contributed by atoms with E-state index < -0.39 is 6.10 Å². The van der Waals surface area contributed by atoms with E-state index in [0.717, 1.165) is 5.00 Å². The van der Waals surface area contributed by atoms with Gasteiger partial charge in [-0.2, -0.15) is 0 Å². The molecule has 1 atom stereocenters. The summed E-state index contributed by atoms with van der Waals surface area (Å²) in [5.74, 6) is -0.0834. The molecule has 0 fully saturated rings. The second kappa shape index (κ2) is 8.08. The molecule has 0 aliphatic carbocycles. The van der Waals surface area contributed by atoms with E-state index in [-0.39, 0.29) is 24.3 Å². The summed E-state index contributed by atoms with van der Waals surface area (Å²) < 4.78 is 13.0. The maximum absolute atomic E-state index is 13.0. The number of hydrogen-bond acceptors (Lipinski definition) is 3. The zero-order chi connectivity index (χ0) is 16.8. The Morgan fingerprint density at radius 2 is 1.96 bits per heavy atom. The first-order chi connectivity index (χ1) is 11.0. The first-order valence-corrected chi connectivity index (χ1v) is 8.36. The topological polar surface area (TPSA) is 52.6 Å². The zero-order valence-electron chi connectivity index (χ0n) is 13.2. The quantitative estimate of drug-likeness (QED) is 0.834. The number of aliphatic hydroxyl groups excluding tert-OH is 1. The van der Waals surface area contributed by atoms with Crippen molar-refractivity contribution in [3.05, 3.63) is 53.2 Å². The average molecular weight is 336 g/mol. The molecule has 2 aromatic rings. The SMILES string of the molecule is CC(C)CN(CC(O)c1ccc(F)cc1)C(=O)Nc1cccs1. The maximum atomic E-state index is 13.0. The van der Waals surface area contributed by atoms with Crippen LogP contribution >= 0.6 is 11.3 Å². The summed E-state index contributed by atoms with van der Waals surface area (Å²) in [5.41, 5.74) is 0.587. The molecule has 1 heterocycles. The molecule has 0 saturated heterocycles. The lowest BCUT2D eigenvalue weighted by molar-refractivity contribution is 0.121. The predicted octanol–water partition coefficient (Wildman–Crippen LogP) is 4.11. The molecule has 2 amide bonds. The molecule has 1 aromatic carbocycles. The molecule has 6 heteroatoms. The van der Waals surface area contributed by atoms with E-state index in [1.807, 2.05) is 31.4 Å². The van der Waals surface area contributed by atoms with Gasteiger partial charge in [0.25, 0.3) is 0 Å². The largest absolute Gasteiger partial charge is 0.387 e. The smallest absolute Gasteiger partial charge is 0.322 e. The summed E-state index contributed by atoms with van der Waals surface area (Å²) in [6, 6.07) is 9.11. The first-order valence-electron chi connectivity index (χ1n) is 7.48. The fourth-order valence-corrected chi connectivity index (χ4v) is 2.82. The lowest BCUT2D eigenvalue weighted by Crippen LogP contribution is -2.40. The van der Waals surface area contributed by atoms with Gasteiger partial charge in [-0.15, -0.1) is 11.3 Å². The Hall–Kier alpha value is -1.92. The number of urea groups is 1. The van der Waals surface area contributed by atoms with Gasteiger partial charge in [0.2, 0.25) is 0 Å². The summed E-state index contributed by atoms with van der Waals surface area (Å²) in [4.78, 5) is 14.0. The molecule has 0 radical (unpaired) electrons. The minimum atomic E-state index is -0.858. The van der Waals surface area contributed by atoms with Gasteiger partial charge < -0.3 is 10.0 Å². The number of thiophene rings is 1. The van der Waals surface area contributed by atoms with Crippen molar-refractivity contribution in [2.75, 3.05) is 18.4 Å². The minimum Gasteiger partial charge on any atom is -0.387 e. The summed E-state index contributed by atoms with van der Waals surface area (Å²) in [6.07, 6.45) is -0.858. The Kier molecular flexibility index (Phi) is 6.12. The second-order valence-electron chi connectivity index (χ2n) is 5.77. The molecule has 1 unspecified atom stereocenters. The van der Waals surface area contributed by atoms with Crippen molar-refractivity contribution in [1.29, 1.82) is 0 Å². The molecular formula is C17H21FN2O2S. The summed E-state index contributed by atoms with van der Waals surface area (Å²) in [7, 11) is 0. The third-order valence-electron chi connectivity index (χ3n) is 3.27. The van der Waals surface area contributed by atoms with E-state index in [4.69, 9.17) is 0 Å². The highest BCUT2D eigenvalue weighted by Gasteiger charge is 2.20. The number of benzene rings is 1. The lowest BCUT2D eigenvalue weighted by atomic mass is 10.1. The van der Waals surface area contributed by atoms with Crippen LogP contribution in [0.4, 0.5) is 14.2 Å². The van der Waals surface area contributed by atoms with Crippen LogP contribution in [0, 0.1) is 11.7 Å². The Balaban J connectivity index is 2.05. The van der Waals surface area contributed by atoms with E-state index >= 15 is 0 Å². The average Bonchev–Trinajstić information content (AvgIpc) is 2.99. The van der Waals surface area contributed by atoms with E-state index in [2.05, 4.69) is 5.32 Å². The number of carbonyl (C=O) groups excluding carboxylic acids is 1. The van der Waals surface area contributed by atoms with Crippen LogP contribution in [0.25, 0.3) is 0 Å². The first kappa shape index (κ1) is 17.4. The highest BCUT2D eigenvalue weighted by molar-refractivity contribution is 7.14. The van der Waals surface area contributed by atoms with E-state index in [9.17, 15) is 14.3 Å². The van der Waals surface area contributed by atoms with Crippen molar-refractivity contribution in [1.82, 2.24) is 4.90 Å². The summed E-state index contributed by atoms with van der Waals surface area (Å²) in [5, 5.41) is 15.8. The molecule has 0 aliphatic rings. The van der Waals surface area contributed by atoms with Crippen LogP contribution in [0.1, 0.15) is 25.5 Å². The highest BCUT2D eigenvalue weighted by Crippen LogP contribution is 2.19. The molecule has 4 nitrogen and oxygen atoms in total. The van der Waals surface area contributed by atoms with Crippen molar-refractivity contribution >= 4 is 22.4 Å². The number of halogens is 1. The van der Waals surface area contributed by atoms with Crippen molar-refractivity contribution in [3.8, 4) is 0 Å². The van der Waals surface area contributed by atoms with Crippen LogP contribution in [-0.2, 0) is 0 Å². The standard InChI is InChI=1S/C17H21FN2O2S/c1-12(2)10-20(17(22)19-16-4-3-9-23-16)11-15(21)13-5-7-14(18)8-6-13/h3-9,12,15,21H,10-11H2,1-2H3,(H,19,22). The van der Waals surface area contributed by atoms with Crippen LogP contribution in [0.3, 0.4) is 0 Å². The molecule has 0 spiro atoms. The molecular weight excluding hydrogens is 315 g/mol. The summed E-state index contributed by atoms with van der Waals surface area (Å²) in [6.45, 7) is 4.70. The third-order valence-corrected chi connectivity index (χ3v) is 4.06. The molecule has 1 aromatic heterocycles. The molecule has 0 aliphatic heterocycles. The summed E-state index contributed by atoms with van der Waals surface area (Å²) >= 11 is 1.44. The Morgan fingerprint density at radius 1 is 1.26 bits per heavy atom. The normalized spacial score (nSPS) is 12.2. The second-order valence-corrected chi connectivity index (χ2v) is 6.72. The van der Waals surface area contributed by atoms with E-state index in [0.29, 0.717) is 12.1 Å². The number of amides is 2. The molecule has 2 rings (SSSR count). The van der Waals surface area contributed by atoms with Gasteiger partial charge in [-0.25, -0.2) is 9.18 Å². The van der Waals surface area contributed by atoms with E-state index in [1.54, 1.807) is 4.90 Å². The van der Waals surface area contributed by atoms with Crippen molar-refractivity contribution in [2.45, 2.75) is 20.0 Å². The maximum Gasteiger partial charge on any atom is 0.322 e.